The third-order valence-electron chi connectivity index (χ3n) is 3.95. The van der Waals surface area contributed by atoms with E-state index < -0.39 is 24.1 Å². The van der Waals surface area contributed by atoms with Crippen molar-refractivity contribution in [3.05, 3.63) is 65.7 Å². The Balaban J connectivity index is 1.81. The van der Waals surface area contributed by atoms with E-state index in [1.807, 2.05) is 6.07 Å². The van der Waals surface area contributed by atoms with Crippen LogP contribution in [-0.4, -0.2) is 29.8 Å². The SMILES string of the molecule is C[C@@]1(c2ccc(OC(F)F)cc2)NC(=O)N(/N=C\c2ccccc2)C1=O. The number of ether oxygens (including phenoxy) is 1. The topological polar surface area (TPSA) is 71.0 Å². The van der Waals surface area contributed by atoms with Gasteiger partial charge in [-0.15, -0.1) is 5.01 Å². The first kappa shape index (κ1) is 17.5. The van der Waals surface area contributed by atoms with Gasteiger partial charge in [-0.2, -0.15) is 13.9 Å². The first-order valence-corrected chi connectivity index (χ1v) is 7.71. The van der Waals surface area contributed by atoms with Gasteiger partial charge < -0.3 is 10.1 Å². The number of urea groups is 1. The number of carbonyl (C=O) groups excluding carboxylic acids is 2. The Morgan fingerprint density at radius 1 is 1.12 bits per heavy atom. The molecule has 1 aliphatic rings. The zero-order valence-electron chi connectivity index (χ0n) is 13.7. The molecule has 1 heterocycles. The van der Waals surface area contributed by atoms with Crippen LogP contribution in [0.2, 0.25) is 0 Å². The van der Waals surface area contributed by atoms with E-state index in [-0.39, 0.29) is 5.75 Å². The highest BCUT2D eigenvalue weighted by Crippen LogP contribution is 2.30. The zero-order chi connectivity index (χ0) is 18.7. The predicted octanol–water partition coefficient (Wildman–Crippen LogP) is 3.09. The van der Waals surface area contributed by atoms with E-state index in [0.29, 0.717) is 5.56 Å². The van der Waals surface area contributed by atoms with Crippen LogP contribution in [-0.2, 0) is 10.3 Å². The Bertz CT molecular complexity index is 841. The fourth-order valence-electron chi connectivity index (χ4n) is 2.56. The number of nitrogens with zero attached hydrogens (tertiary/aromatic N) is 2. The molecule has 0 aliphatic carbocycles. The average Bonchev–Trinajstić information content (AvgIpc) is 2.84. The van der Waals surface area contributed by atoms with Crippen LogP contribution in [0.5, 0.6) is 5.75 Å². The molecule has 2 aromatic rings. The highest BCUT2D eigenvalue weighted by Gasteiger charge is 2.49. The lowest BCUT2D eigenvalue weighted by atomic mass is 9.92. The zero-order valence-corrected chi connectivity index (χ0v) is 13.7. The van der Waals surface area contributed by atoms with Gasteiger partial charge in [0.05, 0.1) is 6.21 Å². The van der Waals surface area contributed by atoms with Crippen LogP contribution in [0.4, 0.5) is 13.6 Å². The summed E-state index contributed by atoms with van der Waals surface area (Å²) >= 11 is 0. The molecule has 2 aromatic carbocycles. The molecule has 0 unspecified atom stereocenters. The number of hydrogen-bond donors (Lipinski definition) is 1. The lowest BCUT2D eigenvalue weighted by Crippen LogP contribution is -2.40. The van der Waals surface area contributed by atoms with E-state index in [9.17, 15) is 18.4 Å². The van der Waals surface area contributed by atoms with Crippen molar-refractivity contribution in [1.29, 1.82) is 0 Å². The molecule has 0 radical (unpaired) electrons. The number of rotatable bonds is 5. The molecule has 6 nitrogen and oxygen atoms in total. The number of hydrogen-bond acceptors (Lipinski definition) is 4. The third kappa shape index (κ3) is 3.39. The van der Waals surface area contributed by atoms with E-state index in [4.69, 9.17) is 0 Å². The van der Waals surface area contributed by atoms with Crippen molar-refractivity contribution >= 4 is 18.2 Å². The molecule has 0 spiro atoms. The molecule has 1 N–H and O–H groups in total. The molecule has 3 rings (SSSR count). The number of alkyl halides is 2. The minimum atomic E-state index is -2.94. The van der Waals surface area contributed by atoms with Gasteiger partial charge in [-0.3, -0.25) is 4.79 Å². The van der Waals surface area contributed by atoms with Gasteiger partial charge in [0.1, 0.15) is 11.3 Å². The van der Waals surface area contributed by atoms with Crippen LogP contribution in [0.3, 0.4) is 0 Å². The number of imide groups is 1. The summed E-state index contributed by atoms with van der Waals surface area (Å²) in [6.45, 7) is -1.42. The molecule has 1 fully saturated rings. The van der Waals surface area contributed by atoms with Gasteiger partial charge in [0.15, 0.2) is 0 Å². The minimum Gasteiger partial charge on any atom is -0.435 e. The average molecular weight is 359 g/mol. The van der Waals surface area contributed by atoms with Gasteiger partial charge in [-0.25, -0.2) is 4.79 Å². The monoisotopic (exact) mass is 359 g/mol. The highest BCUT2D eigenvalue weighted by atomic mass is 19.3. The third-order valence-corrected chi connectivity index (χ3v) is 3.95. The summed E-state index contributed by atoms with van der Waals surface area (Å²) in [6, 6.07) is 13.8. The molecule has 1 saturated heterocycles. The molecule has 1 aliphatic heterocycles. The second-order valence-electron chi connectivity index (χ2n) is 5.73. The van der Waals surface area contributed by atoms with E-state index >= 15 is 0 Å². The van der Waals surface area contributed by atoms with Crippen LogP contribution in [0.25, 0.3) is 0 Å². The van der Waals surface area contributed by atoms with Crippen molar-refractivity contribution in [3.63, 3.8) is 0 Å². The maximum Gasteiger partial charge on any atom is 0.387 e. The Morgan fingerprint density at radius 3 is 2.38 bits per heavy atom. The fourth-order valence-corrected chi connectivity index (χ4v) is 2.56. The first-order valence-electron chi connectivity index (χ1n) is 7.71. The largest absolute Gasteiger partial charge is 0.435 e. The minimum absolute atomic E-state index is 0.0388. The van der Waals surface area contributed by atoms with E-state index in [0.717, 1.165) is 10.6 Å². The molecular formula is C18H15F2N3O3. The maximum atomic E-state index is 12.7. The van der Waals surface area contributed by atoms with Crippen molar-refractivity contribution < 1.29 is 23.1 Å². The molecule has 0 saturated carbocycles. The predicted molar refractivity (Wildman–Crippen MR) is 89.8 cm³/mol. The van der Waals surface area contributed by atoms with Crippen LogP contribution < -0.4 is 10.1 Å². The second kappa shape index (κ2) is 6.91. The normalized spacial score (nSPS) is 20.1. The number of benzene rings is 2. The van der Waals surface area contributed by atoms with Gasteiger partial charge in [0.25, 0.3) is 5.91 Å². The number of halogens is 2. The summed E-state index contributed by atoms with van der Waals surface area (Å²) in [5.74, 6) is -0.611. The lowest BCUT2D eigenvalue weighted by molar-refractivity contribution is -0.131. The Labute approximate surface area is 148 Å². The van der Waals surface area contributed by atoms with Crippen molar-refractivity contribution in [2.24, 2.45) is 5.10 Å². The smallest absolute Gasteiger partial charge is 0.387 e. The van der Waals surface area contributed by atoms with Crippen molar-refractivity contribution in [3.8, 4) is 5.75 Å². The summed E-state index contributed by atoms with van der Waals surface area (Å²) < 4.78 is 28.7. The second-order valence-corrected chi connectivity index (χ2v) is 5.73. The van der Waals surface area contributed by atoms with Crippen LogP contribution in [0.1, 0.15) is 18.1 Å². The summed E-state index contributed by atoms with van der Waals surface area (Å²) in [5, 5.41) is 7.28. The maximum absolute atomic E-state index is 12.7. The standard InChI is InChI=1S/C18H15F2N3O3/c1-18(13-7-9-14(10-8-13)26-16(19)20)15(24)23(17(25)22-18)21-11-12-5-3-2-4-6-12/h2-11,16H,1H3,(H,22,25)/b21-11-/t18-/m0/s1. The molecule has 134 valence electrons. The number of nitrogens with one attached hydrogen (secondary N) is 1. The van der Waals surface area contributed by atoms with Crippen molar-refractivity contribution in [2.45, 2.75) is 19.1 Å². The highest BCUT2D eigenvalue weighted by molar-refractivity contribution is 6.07. The van der Waals surface area contributed by atoms with E-state index in [2.05, 4.69) is 15.2 Å². The molecule has 0 bridgehead atoms. The van der Waals surface area contributed by atoms with Crippen LogP contribution in [0, 0.1) is 0 Å². The summed E-state index contributed by atoms with van der Waals surface area (Å²) in [4.78, 5) is 24.9. The lowest BCUT2D eigenvalue weighted by Gasteiger charge is -2.21. The van der Waals surface area contributed by atoms with Gasteiger partial charge >= 0.3 is 12.6 Å². The number of amides is 3. The molecular weight excluding hydrogens is 344 g/mol. The van der Waals surface area contributed by atoms with Crippen LogP contribution in [0.15, 0.2) is 59.7 Å². The summed E-state index contributed by atoms with van der Waals surface area (Å²) in [7, 11) is 0. The van der Waals surface area contributed by atoms with E-state index in [1.54, 1.807) is 24.3 Å². The van der Waals surface area contributed by atoms with Crippen molar-refractivity contribution in [1.82, 2.24) is 10.3 Å². The van der Waals surface area contributed by atoms with E-state index in [1.165, 1.54) is 37.4 Å². The molecule has 0 aromatic heterocycles. The van der Waals surface area contributed by atoms with Gasteiger partial charge in [-0.05, 0) is 30.2 Å². The summed E-state index contributed by atoms with van der Waals surface area (Å²) in [6.07, 6.45) is 1.41. The molecule has 1 atom stereocenters. The quantitative estimate of drug-likeness (QED) is 0.659. The molecule has 3 amide bonds. The Hall–Kier alpha value is -3.29. The van der Waals surface area contributed by atoms with Gasteiger partial charge in [-0.1, -0.05) is 42.5 Å². The van der Waals surface area contributed by atoms with Crippen molar-refractivity contribution in [2.75, 3.05) is 0 Å². The first-order chi connectivity index (χ1) is 12.4. The van der Waals surface area contributed by atoms with Gasteiger partial charge in [0.2, 0.25) is 0 Å². The number of carbonyl (C=O) groups is 2. The Kier molecular flexibility index (Phi) is 4.66. The van der Waals surface area contributed by atoms with Crippen LogP contribution >= 0.6 is 0 Å². The Morgan fingerprint density at radius 2 is 1.77 bits per heavy atom. The molecule has 26 heavy (non-hydrogen) atoms. The number of hydrazone groups is 1. The fraction of sp³-hybridized carbons (Fsp3) is 0.167. The molecule has 8 heteroatoms. The van der Waals surface area contributed by atoms with Gasteiger partial charge in [0, 0.05) is 0 Å². The summed E-state index contributed by atoms with van der Waals surface area (Å²) in [5.41, 5.74) is -0.195.